The molecule has 238 valence electrons. The molecule has 0 saturated heterocycles. The Hall–Kier alpha value is -5.00. The van der Waals surface area contributed by atoms with Gasteiger partial charge in [-0.25, -0.2) is 4.98 Å². The summed E-state index contributed by atoms with van der Waals surface area (Å²) in [6, 6.07) is 36.4. The van der Waals surface area contributed by atoms with Crippen LogP contribution in [0.2, 0.25) is 5.02 Å². The maximum Gasteiger partial charge on any atom is 0.272 e. The van der Waals surface area contributed by atoms with E-state index in [1.807, 2.05) is 71.4 Å². The molecule has 2 heterocycles. The van der Waals surface area contributed by atoms with Gasteiger partial charge in [0, 0.05) is 26.5 Å². The van der Waals surface area contributed by atoms with Crippen LogP contribution in [0.3, 0.4) is 0 Å². The number of benzene rings is 4. The number of halogens is 1. The van der Waals surface area contributed by atoms with Crippen LogP contribution in [-0.2, 0) is 9.59 Å². The number of thioether (sulfide) groups is 1. The minimum Gasteiger partial charge on any atom is -0.321 e. The van der Waals surface area contributed by atoms with E-state index in [4.69, 9.17) is 11.6 Å². The summed E-state index contributed by atoms with van der Waals surface area (Å²) in [5.41, 5.74) is 3.20. The average molecular weight is 707 g/mol. The summed E-state index contributed by atoms with van der Waals surface area (Å²) < 4.78 is 0. The van der Waals surface area contributed by atoms with E-state index >= 15 is 0 Å². The average Bonchev–Trinajstić information content (AvgIpc) is 3.82. The van der Waals surface area contributed by atoms with Gasteiger partial charge >= 0.3 is 0 Å². The molecule has 3 N–H and O–H groups in total. The molecule has 0 saturated carbocycles. The number of thiophene rings is 1. The van der Waals surface area contributed by atoms with E-state index in [0.717, 1.165) is 21.0 Å². The lowest BCUT2D eigenvalue weighted by molar-refractivity contribution is -0.116. The highest BCUT2D eigenvalue weighted by Crippen LogP contribution is 2.37. The second-order valence-corrected chi connectivity index (χ2v) is 13.7. The first-order valence-corrected chi connectivity index (χ1v) is 17.7. The lowest BCUT2D eigenvalue weighted by atomic mass is 10.1. The minimum atomic E-state index is -0.556. The first kappa shape index (κ1) is 32.9. The standard InChI is InChI=1S/C37H27ClN4O3S3/c38-29-15-8-7-14-26(29)22-30(40-34(43)25-12-5-2-6-13-25)35(44)39-27-17-19-28(20-18-27)48-33(24-10-3-1-4-11-24)36(45)42-37-41-31(23-47-37)32-16-9-21-46-32/h1-23,33H,(H,39,44)(H,40,43)(H,41,42,45)/b30-22-. The van der Waals surface area contributed by atoms with E-state index in [-0.39, 0.29) is 11.6 Å². The monoisotopic (exact) mass is 706 g/mol. The van der Waals surface area contributed by atoms with Crippen LogP contribution >= 0.6 is 46.0 Å². The summed E-state index contributed by atoms with van der Waals surface area (Å²) >= 11 is 10.7. The quantitative estimate of drug-likeness (QED) is 0.0921. The molecule has 2 aromatic heterocycles. The Morgan fingerprint density at radius 2 is 1.48 bits per heavy atom. The highest BCUT2D eigenvalue weighted by atomic mass is 35.5. The molecule has 3 amide bonds. The number of hydrogen-bond acceptors (Lipinski definition) is 7. The van der Waals surface area contributed by atoms with Crippen LogP contribution < -0.4 is 16.0 Å². The zero-order valence-electron chi connectivity index (χ0n) is 25.1. The number of nitrogens with zero attached hydrogens (tertiary/aromatic N) is 1. The number of carbonyl (C=O) groups excluding carboxylic acids is 3. The first-order chi connectivity index (χ1) is 23.4. The molecule has 1 unspecified atom stereocenters. The van der Waals surface area contributed by atoms with E-state index < -0.39 is 17.1 Å². The molecule has 48 heavy (non-hydrogen) atoms. The number of hydrogen-bond donors (Lipinski definition) is 3. The maximum absolute atomic E-state index is 13.6. The zero-order chi connectivity index (χ0) is 33.3. The van der Waals surface area contributed by atoms with Crippen molar-refractivity contribution >= 4 is 80.7 Å². The summed E-state index contributed by atoms with van der Waals surface area (Å²) in [6.07, 6.45) is 1.54. The Morgan fingerprint density at radius 3 is 2.19 bits per heavy atom. The van der Waals surface area contributed by atoms with Gasteiger partial charge in [-0.15, -0.1) is 34.4 Å². The van der Waals surface area contributed by atoms with Crippen molar-refractivity contribution in [3.8, 4) is 10.6 Å². The van der Waals surface area contributed by atoms with Crippen molar-refractivity contribution in [1.82, 2.24) is 10.3 Å². The Morgan fingerprint density at radius 1 is 0.771 bits per heavy atom. The highest BCUT2D eigenvalue weighted by Gasteiger charge is 2.24. The predicted molar refractivity (Wildman–Crippen MR) is 198 cm³/mol. The number of anilines is 2. The molecule has 1 atom stereocenters. The van der Waals surface area contributed by atoms with Gasteiger partial charge in [0.1, 0.15) is 10.9 Å². The molecular formula is C37H27ClN4O3S3. The lowest BCUT2D eigenvalue weighted by Gasteiger charge is -2.17. The van der Waals surface area contributed by atoms with Gasteiger partial charge < -0.3 is 16.0 Å². The van der Waals surface area contributed by atoms with E-state index in [1.165, 1.54) is 29.2 Å². The van der Waals surface area contributed by atoms with Crippen molar-refractivity contribution in [2.75, 3.05) is 10.6 Å². The van der Waals surface area contributed by atoms with Gasteiger partial charge in [0.2, 0.25) is 5.91 Å². The maximum atomic E-state index is 13.6. The third kappa shape index (κ3) is 8.47. The second kappa shape index (κ2) is 15.7. The van der Waals surface area contributed by atoms with Crippen molar-refractivity contribution in [2.24, 2.45) is 0 Å². The molecule has 7 nitrogen and oxygen atoms in total. The van der Waals surface area contributed by atoms with Gasteiger partial charge in [0.15, 0.2) is 5.13 Å². The Labute approximate surface area is 294 Å². The normalized spacial score (nSPS) is 11.8. The van der Waals surface area contributed by atoms with Crippen molar-refractivity contribution in [3.05, 3.63) is 159 Å². The van der Waals surface area contributed by atoms with Gasteiger partial charge in [0.05, 0.1) is 10.6 Å². The van der Waals surface area contributed by atoms with Crippen LogP contribution in [0.1, 0.15) is 26.7 Å². The van der Waals surface area contributed by atoms with Gasteiger partial charge in [-0.2, -0.15) is 0 Å². The summed E-state index contributed by atoms with van der Waals surface area (Å²) in [7, 11) is 0. The molecular weight excluding hydrogens is 680 g/mol. The van der Waals surface area contributed by atoms with Crippen molar-refractivity contribution < 1.29 is 14.4 Å². The van der Waals surface area contributed by atoms with Crippen molar-refractivity contribution in [3.63, 3.8) is 0 Å². The Balaban J connectivity index is 1.17. The topological polar surface area (TPSA) is 100 Å². The van der Waals surface area contributed by atoms with Crippen molar-refractivity contribution in [1.29, 1.82) is 0 Å². The van der Waals surface area contributed by atoms with Crippen LogP contribution in [0.25, 0.3) is 16.6 Å². The summed E-state index contributed by atoms with van der Waals surface area (Å²) in [5, 5.41) is 12.9. The van der Waals surface area contributed by atoms with E-state index in [0.29, 0.717) is 27.0 Å². The molecule has 0 spiro atoms. The number of thiazole rings is 1. The molecule has 0 aliphatic carbocycles. The molecule has 0 radical (unpaired) electrons. The fourth-order valence-electron chi connectivity index (χ4n) is 4.58. The molecule has 0 aliphatic rings. The summed E-state index contributed by atoms with van der Waals surface area (Å²) in [6.45, 7) is 0. The molecule has 6 aromatic rings. The molecule has 0 bridgehead atoms. The van der Waals surface area contributed by atoms with Gasteiger partial charge in [-0.05, 0) is 71.1 Å². The number of carbonyl (C=O) groups is 3. The molecule has 0 aliphatic heterocycles. The fraction of sp³-hybridized carbons (Fsp3) is 0.0270. The number of nitrogens with one attached hydrogen (secondary N) is 3. The molecule has 6 rings (SSSR count). The fourth-order valence-corrected chi connectivity index (χ4v) is 7.27. The molecule has 11 heteroatoms. The minimum absolute atomic E-state index is 0.0284. The van der Waals surface area contributed by atoms with Gasteiger partial charge in [-0.3, -0.25) is 14.4 Å². The zero-order valence-corrected chi connectivity index (χ0v) is 28.3. The van der Waals surface area contributed by atoms with Crippen LogP contribution in [-0.4, -0.2) is 22.7 Å². The van der Waals surface area contributed by atoms with E-state index in [1.54, 1.807) is 72.0 Å². The smallest absolute Gasteiger partial charge is 0.272 e. The van der Waals surface area contributed by atoms with Gasteiger partial charge in [-0.1, -0.05) is 84.4 Å². The van der Waals surface area contributed by atoms with E-state index in [2.05, 4.69) is 20.9 Å². The number of aromatic nitrogens is 1. The molecule has 0 fully saturated rings. The summed E-state index contributed by atoms with van der Waals surface area (Å²) in [4.78, 5) is 46.5. The lowest BCUT2D eigenvalue weighted by Crippen LogP contribution is -2.30. The summed E-state index contributed by atoms with van der Waals surface area (Å²) in [5.74, 6) is -1.15. The number of rotatable bonds is 11. The Kier molecular flexibility index (Phi) is 10.8. The van der Waals surface area contributed by atoms with Crippen LogP contribution in [0.15, 0.2) is 143 Å². The number of amides is 3. The third-order valence-corrected chi connectivity index (χ3v) is 10.2. The van der Waals surface area contributed by atoms with Crippen LogP contribution in [0, 0.1) is 0 Å². The third-order valence-electron chi connectivity index (χ3n) is 6.95. The van der Waals surface area contributed by atoms with Crippen LogP contribution in [0.5, 0.6) is 0 Å². The van der Waals surface area contributed by atoms with Gasteiger partial charge in [0.25, 0.3) is 11.8 Å². The van der Waals surface area contributed by atoms with E-state index in [9.17, 15) is 14.4 Å². The van der Waals surface area contributed by atoms with Crippen molar-refractivity contribution in [2.45, 2.75) is 10.1 Å². The van der Waals surface area contributed by atoms with Crippen LogP contribution in [0.4, 0.5) is 10.8 Å². The second-order valence-electron chi connectivity index (χ2n) is 10.3. The SMILES string of the molecule is O=C(Nc1ccc(SC(C(=O)Nc2nc(-c3cccs3)cs2)c2ccccc2)cc1)/C(=C/c1ccccc1Cl)NC(=O)c1ccccc1. The first-order valence-electron chi connectivity index (χ1n) is 14.7. The predicted octanol–water partition coefficient (Wildman–Crippen LogP) is 9.41. The highest BCUT2D eigenvalue weighted by molar-refractivity contribution is 8.00. The largest absolute Gasteiger partial charge is 0.321 e. The molecule has 4 aromatic carbocycles. The Bertz CT molecular complexity index is 2050.